The number of aliphatic carboxylic acids is 1. The minimum atomic E-state index is -1.21. The van der Waals surface area contributed by atoms with Crippen LogP contribution in [0.2, 0.25) is 0 Å². The molecule has 1 aromatic carbocycles. The lowest BCUT2D eigenvalue weighted by Gasteiger charge is -2.50. The Morgan fingerprint density at radius 2 is 2.00 bits per heavy atom. The highest BCUT2D eigenvalue weighted by atomic mass is 35.5. The van der Waals surface area contributed by atoms with E-state index in [1.54, 1.807) is 24.3 Å². The first kappa shape index (κ1) is 16.8. The number of benzene rings is 1. The fourth-order valence-corrected chi connectivity index (χ4v) is 4.11. The highest BCUT2D eigenvalue weighted by molar-refractivity contribution is 8.03. The number of carbonyl (C=O) groups is 3. The maximum atomic E-state index is 12.3. The Labute approximate surface area is 146 Å². The number of halogens is 1. The van der Waals surface area contributed by atoms with Crippen molar-refractivity contribution in [1.82, 2.24) is 10.2 Å². The SMILES string of the molecule is N[C@@H](C(=O)N[C@@H]1C(=O)N2C(C(=O)O)C(Cl)=CS[C@H]12)c1ccccc1. The molecular formula is C15H14ClN3O4S. The minimum Gasteiger partial charge on any atom is -0.479 e. The Bertz CT molecular complexity index is 727. The van der Waals surface area contributed by atoms with Crippen molar-refractivity contribution in [1.29, 1.82) is 0 Å². The molecule has 7 nitrogen and oxygen atoms in total. The second-order valence-electron chi connectivity index (χ2n) is 5.39. The third-order valence-electron chi connectivity index (χ3n) is 3.91. The monoisotopic (exact) mass is 367 g/mol. The van der Waals surface area contributed by atoms with Gasteiger partial charge in [0.25, 0.3) is 0 Å². The molecule has 3 rings (SSSR count). The zero-order chi connectivity index (χ0) is 17.4. The van der Waals surface area contributed by atoms with Crippen molar-refractivity contribution in [2.45, 2.75) is 23.5 Å². The fraction of sp³-hybridized carbons (Fsp3) is 0.267. The number of hydrogen-bond acceptors (Lipinski definition) is 5. The molecule has 2 heterocycles. The first-order valence-electron chi connectivity index (χ1n) is 7.08. The first-order chi connectivity index (χ1) is 11.4. The molecule has 0 aromatic heterocycles. The summed E-state index contributed by atoms with van der Waals surface area (Å²) in [7, 11) is 0. The number of carboxylic acids is 1. The van der Waals surface area contributed by atoms with E-state index in [2.05, 4.69) is 5.32 Å². The number of carboxylic acid groups (broad SMARTS) is 1. The van der Waals surface area contributed by atoms with E-state index in [4.69, 9.17) is 17.3 Å². The number of fused-ring (bicyclic) bond motifs is 1. The number of thioether (sulfide) groups is 1. The average Bonchev–Trinajstić information content (AvgIpc) is 2.59. The van der Waals surface area contributed by atoms with Crippen LogP contribution in [0, 0.1) is 0 Å². The maximum Gasteiger partial charge on any atom is 0.332 e. The predicted octanol–water partition coefficient (Wildman–Crippen LogP) is 0.620. The van der Waals surface area contributed by atoms with Crippen molar-refractivity contribution in [3.05, 3.63) is 46.3 Å². The van der Waals surface area contributed by atoms with Crippen LogP contribution in [0.25, 0.3) is 0 Å². The Morgan fingerprint density at radius 1 is 1.33 bits per heavy atom. The lowest BCUT2D eigenvalue weighted by atomic mass is 10.0. The highest BCUT2D eigenvalue weighted by Gasteiger charge is 2.55. The molecule has 2 amide bonds. The molecule has 2 aliphatic rings. The summed E-state index contributed by atoms with van der Waals surface area (Å²) in [5.41, 5.74) is 6.53. The van der Waals surface area contributed by atoms with Crippen molar-refractivity contribution in [2.24, 2.45) is 5.73 Å². The minimum absolute atomic E-state index is 0.0721. The quantitative estimate of drug-likeness (QED) is 0.672. The van der Waals surface area contributed by atoms with Crippen LogP contribution >= 0.6 is 23.4 Å². The molecule has 1 aromatic rings. The van der Waals surface area contributed by atoms with Crippen LogP contribution in [0.15, 0.2) is 40.8 Å². The number of hydrogen-bond donors (Lipinski definition) is 3. The molecule has 0 radical (unpaired) electrons. The molecule has 4 N–H and O–H groups in total. The van der Waals surface area contributed by atoms with Gasteiger partial charge in [0.05, 0.1) is 5.03 Å². The zero-order valence-corrected chi connectivity index (χ0v) is 13.8. The number of rotatable bonds is 4. The van der Waals surface area contributed by atoms with Gasteiger partial charge in [0, 0.05) is 0 Å². The van der Waals surface area contributed by atoms with Crippen molar-refractivity contribution >= 4 is 41.1 Å². The van der Waals surface area contributed by atoms with Gasteiger partial charge < -0.3 is 21.1 Å². The second kappa shape index (κ2) is 6.46. The number of nitrogens with zero attached hydrogens (tertiary/aromatic N) is 1. The third-order valence-corrected chi connectivity index (χ3v) is 5.53. The zero-order valence-electron chi connectivity index (χ0n) is 12.3. The summed E-state index contributed by atoms with van der Waals surface area (Å²) in [5.74, 6) is -2.19. The number of nitrogens with one attached hydrogen (secondary N) is 1. The van der Waals surface area contributed by atoms with Gasteiger partial charge in [-0.25, -0.2) is 4.79 Å². The fourth-order valence-electron chi connectivity index (χ4n) is 2.66. The van der Waals surface area contributed by atoms with Crippen LogP contribution in [-0.2, 0) is 14.4 Å². The van der Waals surface area contributed by atoms with Crippen LogP contribution in [0.5, 0.6) is 0 Å². The molecule has 1 unspecified atom stereocenters. The van der Waals surface area contributed by atoms with E-state index in [0.717, 1.165) is 4.90 Å². The van der Waals surface area contributed by atoms with Gasteiger partial charge in [-0.05, 0) is 11.0 Å². The second-order valence-corrected chi connectivity index (χ2v) is 6.82. The van der Waals surface area contributed by atoms with Gasteiger partial charge in [-0.15, -0.1) is 11.8 Å². The standard InChI is InChI=1S/C15H14ClN3O4S/c16-8-6-24-14-10(13(21)19(14)11(8)15(22)23)18-12(20)9(17)7-4-2-1-3-5-7/h1-6,9-11,14H,17H2,(H,18,20)(H,22,23)/t9-,10-,11?,14-/m1/s1. The normalized spacial score (nSPS) is 26.8. The molecule has 1 fully saturated rings. The summed E-state index contributed by atoms with van der Waals surface area (Å²) >= 11 is 7.08. The number of nitrogens with two attached hydrogens (primary N) is 1. The van der Waals surface area contributed by atoms with Crippen molar-refractivity contribution < 1.29 is 19.5 Å². The predicted molar refractivity (Wildman–Crippen MR) is 88.9 cm³/mol. The number of carbonyl (C=O) groups excluding carboxylic acids is 2. The first-order valence-corrected chi connectivity index (χ1v) is 8.41. The lowest BCUT2D eigenvalue weighted by Crippen LogP contribution is -2.74. The van der Waals surface area contributed by atoms with E-state index >= 15 is 0 Å². The van der Waals surface area contributed by atoms with Crippen molar-refractivity contribution in [2.75, 3.05) is 0 Å². The lowest BCUT2D eigenvalue weighted by molar-refractivity contribution is -0.159. The van der Waals surface area contributed by atoms with Crippen LogP contribution in [-0.4, -0.2) is 45.2 Å². The van der Waals surface area contributed by atoms with E-state index < -0.39 is 41.3 Å². The molecule has 1 saturated heterocycles. The van der Waals surface area contributed by atoms with Gasteiger partial charge in [-0.1, -0.05) is 41.9 Å². The van der Waals surface area contributed by atoms with E-state index in [-0.39, 0.29) is 5.03 Å². The van der Waals surface area contributed by atoms with Gasteiger partial charge >= 0.3 is 5.97 Å². The highest BCUT2D eigenvalue weighted by Crippen LogP contribution is 2.41. The Balaban J connectivity index is 1.71. The van der Waals surface area contributed by atoms with Gasteiger partial charge in [-0.2, -0.15) is 0 Å². The molecule has 0 bridgehead atoms. The topological polar surface area (TPSA) is 113 Å². The number of β-lactam (4-membered cyclic amide) rings is 1. The van der Waals surface area contributed by atoms with Gasteiger partial charge in [-0.3, -0.25) is 9.59 Å². The largest absolute Gasteiger partial charge is 0.479 e. The Hall–Kier alpha value is -2.03. The Morgan fingerprint density at radius 3 is 2.62 bits per heavy atom. The van der Waals surface area contributed by atoms with Crippen molar-refractivity contribution in [3.63, 3.8) is 0 Å². The summed E-state index contributed by atoms with van der Waals surface area (Å²) in [4.78, 5) is 37.0. The van der Waals surface area contributed by atoms with E-state index in [9.17, 15) is 19.5 Å². The molecule has 0 aliphatic carbocycles. The van der Waals surface area contributed by atoms with Gasteiger partial charge in [0.2, 0.25) is 11.8 Å². The molecule has 0 saturated carbocycles. The van der Waals surface area contributed by atoms with Crippen LogP contribution in [0.1, 0.15) is 11.6 Å². The van der Waals surface area contributed by atoms with Crippen LogP contribution < -0.4 is 11.1 Å². The summed E-state index contributed by atoms with van der Waals surface area (Å²) in [6, 6.07) is 5.84. The summed E-state index contributed by atoms with van der Waals surface area (Å²) < 4.78 is 0. The smallest absolute Gasteiger partial charge is 0.332 e. The summed E-state index contributed by atoms with van der Waals surface area (Å²) in [5, 5.41) is 12.9. The molecule has 24 heavy (non-hydrogen) atoms. The van der Waals surface area contributed by atoms with E-state index in [1.165, 1.54) is 17.2 Å². The van der Waals surface area contributed by atoms with Crippen molar-refractivity contribution in [3.8, 4) is 0 Å². The summed E-state index contributed by atoms with van der Waals surface area (Å²) in [6.07, 6.45) is 0. The molecule has 9 heteroatoms. The Kier molecular flexibility index (Phi) is 4.53. The molecule has 126 valence electrons. The molecular weight excluding hydrogens is 354 g/mol. The molecule has 4 atom stereocenters. The third kappa shape index (κ3) is 2.77. The van der Waals surface area contributed by atoms with Crippen LogP contribution in [0.3, 0.4) is 0 Å². The number of amides is 2. The summed E-state index contributed by atoms with van der Waals surface area (Å²) in [6.45, 7) is 0. The van der Waals surface area contributed by atoms with E-state index in [1.807, 2.05) is 6.07 Å². The maximum absolute atomic E-state index is 12.3. The van der Waals surface area contributed by atoms with Gasteiger partial charge in [0.1, 0.15) is 17.5 Å². The van der Waals surface area contributed by atoms with Gasteiger partial charge in [0.15, 0.2) is 6.04 Å². The average molecular weight is 368 g/mol. The van der Waals surface area contributed by atoms with E-state index in [0.29, 0.717) is 5.56 Å². The molecule has 2 aliphatic heterocycles. The van der Waals surface area contributed by atoms with Crippen LogP contribution in [0.4, 0.5) is 0 Å². The molecule has 0 spiro atoms.